The zero-order valence-corrected chi connectivity index (χ0v) is 17.5. The molecule has 2 aromatic carbocycles. The van der Waals surface area contributed by atoms with Crippen molar-refractivity contribution in [1.29, 1.82) is 0 Å². The van der Waals surface area contributed by atoms with Crippen LogP contribution >= 0.6 is 0 Å². The molecule has 2 fully saturated rings. The van der Waals surface area contributed by atoms with Gasteiger partial charge in [0.1, 0.15) is 11.7 Å². The third-order valence-corrected chi connectivity index (χ3v) is 7.23. The van der Waals surface area contributed by atoms with E-state index in [2.05, 4.69) is 0 Å². The van der Waals surface area contributed by atoms with E-state index in [0.29, 0.717) is 0 Å². The lowest BCUT2D eigenvalue weighted by atomic mass is 9.60. The van der Waals surface area contributed by atoms with Crippen LogP contribution in [0.15, 0.2) is 54.6 Å². The molecule has 30 heavy (non-hydrogen) atoms. The Labute approximate surface area is 177 Å². The summed E-state index contributed by atoms with van der Waals surface area (Å²) in [6.07, 6.45) is 7.36. The number of benzene rings is 2. The highest BCUT2D eigenvalue weighted by molar-refractivity contribution is 6.10. The van der Waals surface area contributed by atoms with Gasteiger partial charge in [0, 0.05) is 25.3 Å². The fourth-order valence-electron chi connectivity index (χ4n) is 5.70. The van der Waals surface area contributed by atoms with Crippen molar-refractivity contribution < 1.29 is 14.3 Å². The van der Waals surface area contributed by atoms with E-state index in [0.717, 1.165) is 42.6 Å². The van der Waals surface area contributed by atoms with Gasteiger partial charge in [-0.3, -0.25) is 9.59 Å². The Hall–Kier alpha value is -2.88. The minimum atomic E-state index is -0.696. The quantitative estimate of drug-likeness (QED) is 0.552. The van der Waals surface area contributed by atoms with Gasteiger partial charge in [-0.25, -0.2) is 0 Å². The summed E-state index contributed by atoms with van der Waals surface area (Å²) in [6.45, 7) is 2.04. The Kier molecular flexibility index (Phi) is 4.53. The zero-order valence-electron chi connectivity index (χ0n) is 17.5. The Bertz CT molecular complexity index is 1020. The maximum absolute atomic E-state index is 13.5. The van der Waals surface area contributed by atoms with Gasteiger partial charge >= 0.3 is 0 Å². The molecule has 2 heterocycles. The number of likely N-dealkylation sites (tertiary alicyclic amines) is 1. The fourth-order valence-corrected chi connectivity index (χ4v) is 5.70. The second kappa shape index (κ2) is 7.12. The number of hydrogen-bond donors (Lipinski definition) is 0. The Morgan fingerprint density at radius 3 is 2.70 bits per heavy atom. The molecule has 1 saturated carbocycles. The largest absolute Gasteiger partial charge is 0.467 e. The topological polar surface area (TPSA) is 46.6 Å². The van der Waals surface area contributed by atoms with E-state index in [4.69, 9.17) is 4.74 Å². The van der Waals surface area contributed by atoms with Crippen molar-refractivity contribution in [3.05, 3.63) is 71.3 Å². The maximum Gasteiger partial charge on any atom is 0.236 e. The van der Waals surface area contributed by atoms with Crippen molar-refractivity contribution in [1.82, 2.24) is 4.90 Å². The number of fused-ring (bicyclic) bond motifs is 2. The molecule has 154 valence electrons. The molecule has 0 aromatic heterocycles. The number of carbonyl (C=O) groups excluding carboxylic acids is 2. The van der Waals surface area contributed by atoms with Gasteiger partial charge in [0.25, 0.3) is 0 Å². The number of nitrogens with zero attached hydrogens (tertiary/aromatic N) is 1. The number of rotatable bonds is 3. The molecule has 3 aliphatic rings. The fraction of sp³-hybridized carbons (Fsp3) is 0.385. The monoisotopic (exact) mass is 401 g/mol. The summed E-state index contributed by atoms with van der Waals surface area (Å²) in [5.41, 5.74) is 2.52. The lowest BCUT2D eigenvalue weighted by molar-refractivity contribution is -0.201. The van der Waals surface area contributed by atoms with Crippen LogP contribution in [0, 0.1) is 18.8 Å². The van der Waals surface area contributed by atoms with Gasteiger partial charge < -0.3 is 9.64 Å². The van der Waals surface area contributed by atoms with Gasteiger partial charge in [-0.05, 0) is 43.0 Å². The van der Waals surface area contributed by atoms with Crippen LogP contribution in [-0.4, -0.2) is 29.4 Å². The average Bonchev–Trinajstić information content (AvgIpc) is 2.77. The molecule has 1 amide bonds. The van der Waals surface area contributed by atoms with Crippen molar-refractivity contribution in [2.45, 2.75) is 44.2 Å². The van der Waals surface area contributed by atoms with Gasteiger partial charge in [-0.1, -0.05) is 60.5 Å². The molecule has 2 aliphatic heterocycles. The normalized spacial score (nSPS) is 29.9. The summed E-state index contributed by atoms with van der Waals surface area (Å²) in [4.78, 5) is 28.6. The lowest BCUT2D eigenvalue weighted by Crippen LogP contribution is -2.69. The first kappa shape index (κ1) is 19.1. The highest BCUT2D eigenvalue weighted by atomic mass is 16.5. The van der Waals surface area contributed by atoms with E-state index in [1.54, 1.807) is 11.0 Å². The second-order valence-electron chi connectivity index (χ2n) is 8.88. The second-order valence-corrected chi connectivity index (χ2v) is 8.88. The number of hydrogen-bond acceptors (Lipinski definition) is 3. The van der Waals surface area contributed by atoms with Crippen LogP contribution in [0.4, 0.5) is 0 Å². The van der Waals surface area contributed by atoms with Gasteiger partial charge in [-0.2, -0.15) is 0 Å². The molecule has 2 aromatic rings. The summed E-state index contributed by atoms with van der Waals surface area (Å²) in [7, 11) is 1.81. The number of ether oxygens (including phenoxy) is 1. The van der Waals surface area contributed by atoms with Crippen LogP contribution < -0.4 is 4.74 Å². The van der Waals surface area contributed by atoms with Crippen LogP contribution in [0.1, 0.15) is 48.3 Å². The summed E-state index contributed by atoms with van der Waals surface area (Å²) in [5.74, 6) is -0.0995. The highest BCUT2D eigenvalue weighted by Crippen LogP contribution is 2.58. The predicted molar refractivity (Wildman–Crippen MR) is 116 cm³/mol. The van der Waals surface area contributed by atoms with E-state index >= 15 is 0 Å². The van der Waals surface area contributed by atoms with Gasteiger partial charge in [0.05, 0.1) is 0 Å². The molecular weight excluding hydrogens is 374 g/mol. The summed E-state index contributed by atoms with van der Waals surface area (Å²) in [5, 5.41) is 0. The van der Waals surface area contributed by atoms with Crippen molar-refractivity contribution in [3.63, 3.8) is 0 Å². The molecule has 1 aliphatic carbocycles. The number of amides is 1. The highest BCUT2D eigenvalue weighted by Gasteiger charge is 2.63. The van der Waals surface area contributed by atoms with Crippen molar-refractivity contribution in [3.8, 4) is 5.75 Å². The van der Waals surface area contributed by atoms with Crippen LogP contribution in [0.25, 0.3) is 6.08 Å². The number of para-hydroxylation sites is 1. The number of carbonyl (C=O) groups is 2. The number of aryl methyl sites for hydroxylation is 1. The lowest BCUT2D eigenvalue weighted by Gasteiger charge is -2.59. The average molecular weight is 402 g/mol. The number of allylic oxidation sites excluding steroid dienone is 1. The third kappa shape index (κ3) is 2.81. The van der Waals surface area contributed by atoms with Crippen LogP contribution in [0.3, 0.4) is 0 Å². The molecule has 0 radical (unpaired) electrons. The van der Waals surface area contributed by atoms with Gasteiger partial charge in [0.15, 0.2) is 11.5 Å². The standard InChI is InChI=1S/C26H27NO3/c1-17-10-12-18(13-11-17)14-15-21(28)24-23-19-7-3-4-9-22(19)30-26(27(2)25(24)29)16-6-5-8-20(23)26/h3-4,7,9-15,20,23-24H,5-6,8,16H2,1-2H3. The molecule has 1 saturated heterocycles. The minimum absolute atomic E-state index is 0.117. The first-order valence-corrected chi connectivity index (χ1v) is 10.9. The first-order valence-electron chi connectivity index (χ1n) is 10.9. The molecule has 4 unspecified atom stereocenters. The molecular formula is C26H27NO3. The molecule has 0 N–H and O–H groups in total. The molecule has 4 heteroatoms. The van der Waals surface area contributed by atoms with Crippen LogP contribution in [-0.2, 0) is 9.59 Å². The summed E-state index contributed by atoms with van der Waals surface area (Å²) < 4.78 is 6.52. The zero-order chi connectivity index (χ0) is 20.9. The van der Waals surface area contributed by atoms with Crippen molar-refractivity contribution in [2.75, 3.05) is 7.05 Å². The minimum Gasteiger partial charge on any atom is -0.467 e. The third-order valence-electron chi connectivity index (χ3n) is 7.23. The maximum atomic E-state index is 13.5. The van der Waals surface area contributed by atoms with Crippen LogP contribution in [0.5, 0.6) is 5.75 Å². The smallest absolute Gasteiger partial charge is 0.236 e. The Balaban J connectivity index is 1.56. The molecule has 5 rings (SSSR count). The Morgan fingerprint density at radius 1 is 1.13 bits per heavy atom. The van der Waals surface area contributed by atoms with Crippen molar-refractivity contribution in [2.24, 2.45) is 11.8 Å². The van der Waals surface area contributed by atoms with E-state index in [9.17, 15) is 9.59 Å². The first-order chi connectivity index (χ1) is 14.5. The van der Waals surface area contributed by atoms with Gasteiger partial charge in [-0.15, -0.1) is 0 Å². The molecule has 4 atom stereocenters. The molecule has 0 spiro atoms. The number of ketones is 1. The van der Waals surface area contributed by atoms with E-state index in [-0.39, 0.29) is 23.5 Å². The van der Waals surface area contributed by atoms with E-state index in [1.165, 1.54) is 5.56 Å². The predicted octanol–water partition coefficient (Wildman–Crippen LogP) is 4.73. The van der Waals surface area contributed by atoms with Gasteiger partial charge in [0.2, 0.25) is 5.91 Å². The molecule has 4 nitrogen and oxygen atoms in total. The van der Waals surface area contributed by atoms with E-state index in [1.807, 2.05) is 68.6 Å². The summed E-state index contributed by atoms with van der Waals surface area (Å²) >= 11 is 0. The van der Waals surface area contributed by atoms with E-state index < -0.39 is 11.6 Å². The molecule has 2 bridgehead atoms. The summed E-state index contributed by atoms with van der Waals surface area (Å²) in [6, 6.07) is 16.0. The van der Waals surface area contributed by atoms with Crippen LogP contribution in [0.2, 0.25) is 0 Å². The Morgan fingerprint density at radius 2 is 1.90 bits per heavy atom. The van der Waals surface area contributed by atoms with Crippen molar-refractivity contribution >= 4 is 17.8 Å². The number of piperidine rings is 1. The SMILES string of the molecule is Cc1ccc(C=CC(=O)C2C(=O)N(C)C34CCCCC3C2c2ccccc2O4)cc1.